The van der Waals surface area contributed by atoms with Gasteiger partial charge in [-0.3, -0.25) is 14.7 Å². The molecule has 9 heteroatoms. The van der Waals surface area contributed by atoms with E-state index in [-0.39, 0.29) is 17.3 Å². The van der Waals surface area contributed by atoms with Gasteiger partial charge in [-0.05, 0) is 80.3 Å². The lowest BCUT2D eigenvalue weighted by Crippen LogP contribution is -2.28. The van der Waals surface area contributed by atoms with Crippen LogP contribution in [0.4, 0.5) is 16.0 Å². The Morgan fingerprint density at radius 2 is 1.83 bits per heavy atom. The molecule has 1 aromatic heterocycles. The molecule has 0 atom stereocenters. The van der Waals surface area contributed by atoms with Crippen molar-refractivity contribution in [1.82, 2.24) is 14.9 Å². The topological polar surface area (TPSA) is 125 Å². The summed E-state index contributed by atoms with van der Waals surface area (Å²) in [6.07, 6.45) is 3.87. The molecule has 6 N–H and O–H groups in total. The summed E-state index contributed by atoms with van der Waals surface area (Å²) >= 11 is 0. The van der Waals surface area contributed by atoms with E-state index in [1.165, 1.54) is 12.3 Å². The summed E-state index contributed by atoms with van der Waals surface area (Å²) in [4.78, 5) is 26.6. The lowest BCUT2D eigenvalue weighted by Gasteiger charge is -2.22. The lowest BCUT2D eigenvalue weighted by atomic mass is 10.1. The summed E-state index contributed by atoms with van der Waals surface area (Å²) in [5, 5.41) is 3.17. The number of nitrogens with two attached hydrogens (primary N) is 2. The molecule has 0 unspecified atom stereocenters. The normalized spacial score (nSPS) is 13.9. The quantitative estimate of drug-likeness (QED) is 0.356. The van der Waals surface area contributed by atoms with Crippen LogP contribution in [0.2, 0.25) is 0 Å². The van der Waals surface area contributed by atoms with Crippen LogP contribution in [0, 0.1) is 12.7 Å². The van der Waals surface area contributed by atoms with Crippen molar-refractivity contribution in [2.75, 3.05) is 31.5 Å². The summed E-state index contributed by atoms with van der Waals surface area (Å²) in [6, 6.07) is 11.2. The molecule has 2 aromatic carbocycles. The number of aryl methyl sites for hydroxylation is 1. The third-order valence-corrected chi connectivity index (χ3v) is 6.08. The number of anilines is 1. The second kappa shape index (κ2) is 11.4. The Kier molecular flexibility index (Phi) is 8.02. The predicted molar refractivity (Wildman–Crippen MR) is 138 cm³/mol. The molecule has 0 radical (unpaired) electrons. The molecular formula is C26H32FN7O. The monoisotopic (exact) mass is 477 g/mol. The number of aromatic amines is 1. The highest BCUT2D eigenvalue weighted by Gasteiger charge is 2.18. The second-order valence-electron chi connectivity index (χ2n) is 8.83. The maximum absolute atomic E-state index is 13.8. The Bertz CT molecular complexity index is 1210. The number of H-pyrrole nitrogens is 1. The van der Waals surface area contributed by atoms with Crippen molar-refractivity contribution in [3.63, 3.8) is 0 Å². The number of fused-ring (bicyclic) bond motifs is 1. The van der Waals surface area contributed by atoms with E-state index in [0.717, 1.165) is 54.9 Å². The van der Waals surface area contributed by atoms with E-state index in [9.17, 15) is 9.18 Å². The number of amidine groups is 1. The summed E-state index contributed by atoms with van der Waals surface area (Å²) in [5.41, 5.74) is 15.7. The maximum Gasteiger partial charge on any atom is 0.260 e. The van der Waals surface area contributed by atoms with Crippen LogP contribution < -0.4 is 22.3 Å². The highest BCUT2D eigenvalue weighted by molar-refractivity contribution is 6.04. The molecule has 1 aliphatic rings. The summed E-state index contributed by atoms with van der Waals surface area (Å²) < 4.78 is 13.8. The minimum absolute atomic E-state index is 0.207. The van der Waals surface area contributed by atoms with E-state index in [1.54, 1.807) is 13.0 Å². The predicted octanol–water partition coefficient (Wildman–Crippen LogP) is 3.08. The molecule has 2 heterocycles. The first-order valence-electron chi connectivity index (χ1n) is 11.9. The fourth-order valence-corrected chi connectivity index (χ4v) is 4.16. The Morgan fingerprint density at radius 1 is 1.11 bits per heavy atom. The molecule has 184 valence electrons. The van der Waals surface area contributed by atoms with Crippen molar-refractivity contribution in [1.29, 1.82) is 0 Å². The zero-order chi connectivity index (χ0) is 24.8. The van der Waals surface area contributed by atoms with Gasteiger partial charge in [0.15, 0.2) is 0 Å². The number of aromatic nitrogens is 2. The number of aliphatic imine (C=N–C) groups is 1. The van der Waals surface area contributed by atoms with Gasteiger partial charge >= 0.3 is 0 Å². The SMILES string of the molecule is Cc1cc2c(cc1F)CC(=Nc1ncc(-c3ccc(CN(CCCN)CCCN)cc3)c(=O)[nH]1)N2. The largest absolute Gasteiger partial charge is 0.343 e. The zero-order valence-electron chi connectivity index (χ0n) is 20.0. The zero-order valence-corrected chi connectivity index (χ0v) is 20.0. The van der Waals surface area contributed by atoms with Crippen molar-refractivity contribution in [2.24, 2.45) is 16.5 Å². The molecule has 0 bridgehead atoms. The van der Waals surface area contributed by atoms with Gasteiger partial charge < -0.3 is 16.8 Å². The molecule has 0 amide bonds. The minimum atomic E-state index is -0.267. The van der Waals surface area contributed by atoms with Crippen LogP contribution in [0.3, 0.4) is 0 Å². The third-order valence-electron chi connectivity index (χ3n) is 6.08. The molecule has 0 fully saturated rings. The highest BCUT2D eigenvalue weighted by atomic mass is 19.1. The van der Waals surface area contributed by atoms with Crippen LogP contribution in [0.15, 0.2) is 52.4 Å². The first-order chi connectivity index (χ1) is 17.0. The van der Waals surface area contributed by atoms with E-state index in [1.807, 2.05) is 24.3 Å². The average Bonchev–Trinajstić information content (AvgIpc) is 3.22. The van der Waals surface area contributed by atoms with Crippen LogP contribution >= 0.6 is 0 Å². The number of nitrogens with zero attached hydrogens (tertiary/aromatic N) is 3. The Morgan fingerprint density at radius 3 is 2.49 bits per heavy atom. The highest BCUT2D eigenvalue weighted by Crippen LogP contribution is 2.27. The molecule has 0 spiro atoms. The van der Waals surface area contributed by atoms with Gasteiger partial charge in [0.25, 0.3) is 5.56 Å². The second-order valence-corrected chi connectivity index (χ2v) is 8.83. The van der Waals surface area contributed by atoms with E-state index in [2.05, 4.69) is 25.2 Å². The van der Waals surface area contributed by atoms with Crippen molar-refractivity contribution in [2.45, 2.75) is 32.7 Å². The Hall–Kier alpha value is -3.40. The van der Waals surface area contributed by atoms with Crippen LogP contribution in [0.25, 0.3) is 11.1 Å². The van der Waals surface area contributed by atoms with Crippen LogP contribution in [-0.2, 0) is 13.0 Å². The summed E-state index contributed by atoms with van der Waals surface area (Å²) in [6.45, 7) is 5.72. The van der Waals surface area contributed by atoms with Gasteiger partial charge in [0, 0.05) is 24.8 Å². The van der Waals surface area contributed by atoms with E-state index < -0.39 is 0 Å². The number of benzene rings is 2. The van der Waals surface area contributed by atoms with Gasteiger partial charge in [0.05, 0.1) is 5.56 Å². The molecular weight excluding hydrogens is 445 g/mol. The van der Waals surface area contributed by atoms with Gasteiger partial charge in [0.2, 0.25) is 5.95 Å². The minimum Gasteiger partial charge on any atom is -0.343 e. The molecule has 35 heavy (non-hydrogen) atoms. The van der Waals surface area contributed by atoms with Crippen LogP contribution in [0.5, 0.6) is 0 Å². The number of nitrogens with one attached hydrogen (secondary N) is 2. The Balaban J connectivity index is 1.45. The Labute approximate surface area is 204 Å². The van der Waals surface area contributed by atoms with Crippen LogP contribution in [0.1, 0.15) is 29.5 Å². The fourth-order valence-electron chi connectivity index (χ4n) is 4.16. The summed E-state index contributed by atoms with van der Waals surface area (Å²) in [5.74, 6) is 0.574. The third kappa shape index (κ3) is 6.19. The molecule has 3 aromatic rings. The van der Waals surface area contributed by atoms with Crippen molar-refractivity contribution in [3.8, 4) is 11.1 Å². The molecule has 0 aliphatic carbocycles. The fraction of sp³-hybridized carbons (Fsp3) is 0.346. The van der Waals surface area contributed by atoms with Crippen LogP contribution in [-0.4, -0.2) is 46.9 Å². The molecule has 0 saturated carbocycles. The van der Waals surface area contributed by atoms with E-state index in [0.29, 0.717) is 36.5 Å². The molecule has 1 aliphatic heterocycles. The standard InChI is InChI=1S/C26H32FN7O/c1-17-12-23-20(13-22(17)27)14-24(31-23)32-26-30-15-21(25(35)33-26)19-6-4-18(5-7-19)16-34(10-2-8-28)11-3-9-29/h4-7,12-13,15H,2-3,8-11,14,16,28-29H2,1H3,(H2,30,31,32,33,35). The first-order valence-corrected chi connectivity index (χ1v) is 11.9. The average molecular weight is 478 g/mol. The van der Waals surface area contributed by atoms with Gasteiger partial charge in [-0.1, -0.05) is 24.3 Å². The first kappa shape index (κ1) is 24.7. The number of halogens is 1. The summed E-state index contributed by atoms with van der Waals surface area (Å²) in [7, 11) is 0. The number of hydrogen-bond donors (Lipinski definition) is 4. The lowest BCUT2D eigenvalue weighted by molar-refractivity contribution is 0.262. The maximum atomic E-state index is 13.8. The number of rotatable bonds is 10. The van der Waals surface area contributed by atoms with Crippen molar-refractivity contribution >= 4 is 17.5 Å². The van der Waals surface area contributed by atoms with Gasteiger partial charge in [-0.15, -0.1) is 0 Å². The smallest absolute Gasteiger partial charge is 0.260 e. The van der Waals surface area contributed by atoms with Gasteiger partial charge in [0.1, 0.15) is 11.7 Å². The molecule has 8 nitrogen and oxygen atoms in total. The van der Waals surface area contributed by atoms with E-state index >= 15 is 0 Å². The van der Waals surface area contributed by atoms with Crippen molar-refractivity contribution < 1.29 is 4.39 Å². The number of hydrogen-bond acceptors (Lipinski definition) is 6. The van der Waals surface area contributed by atoms with Gasteiger partial charge in [-0.2, -0.15) is 4.99 Å². The van der Waals surface area contributed by atoms with Crippen molar-refractivity contribution in [3.05, 3.63) is 75.5 Å². The van der Waals surface area contributed by atoms with E-state index in [4.69, 9.17) is 11.5 Å². The molecule has 4 rings (SSSR count). The van der Waals surface area contributed by atoms with Gasteiger partial charge in [-0.25, -0.2) is 9.37 Å². The molecule has 0 saturated heterocycles.